The molecule has 2 aliphatic rings. The summed E-state index contributed by atoms with van der Waals surface area (Å²) >= 11 is 5.02. The third-order valence-corrected chi connectivity index (χ3v) is 5.18. The predicted octanol–water partition coefficient (Wildman–Crippen LogP) is 2.35. The van der Waals surface area contributed by atoms with Crippen molar-refractivity contribution < 1.29 is 4.79 Å². The summed E-state index contributed by atoms with van der Waals surface area (Å²) in [6.45, 7) is 2.03. The molecule has 1 amide bonds. The van der Waals surface area contributed by atoms with Gasteiger partial charge in [0.05, 0.1) is 5.36 Å². The van der Waals surface area contributed by atoms with Crippen molar-refractivity contribution in [2.75, 3.05) is 5.75 Å². The van der Waals surface area contributed by atoms with E-state index in [1.165, 1.54) is 11.8 Å². The van der Waals surface area contributed by atoms with Crippen molar-refractivity contribution in [1.82, 2.24) is 10.3 Å². The molecule has 0 radical (unpaired) electrons. The summed E-state index contributed by atoms with van der Waals surface area (Å²) in [6.07, 6.45) is -0.374. The van der Waals surface area contributed by atoms with Gasteiger partial charge in [0.25, 0.3) is 5.91 Å². The highest BCUT2D eigenvalue weighted by atomic mass is 79.9. The molecule has 1 unspecified atom stereocenters. The normalized spacial score (nSPS) is 18.7. The van der Waals surface area contributed by atoms with Crippen LogP contribution in [0.15, 0.2) is 63.1 Å². The van der Waals surface area contributed by atoms with Crippen LogP contribution in [0, 0.1) is 0 Å². The zero-order valence-corrected chi connectivity index (χ0v) is 15.8. The molecule has 0 saturated carbocycles. The number of thioether (sulfide) groups is 1. The monoisotopic (exact) mass is 414 g/mol. The molecule has 2 aromatic rings. The number of carbonyl (C=O) groups excluding carboxylic acids is 1. The Labute approximate surface area is 157 Å². The Morgan fingerprint density at radius 2 is 2.08 bits per heavy atom. The summed E-state index contributed by atoms with van der Waals surface area (Å²) < 4.78 is 0.967. The molecule has 0 aromatic heterocycles. The second-order valence-corrected chi connectivity index (χ2v) is 7.73. The summed E-state index contributed by atoms with van der Waals surface area (Å²) in [6, 6.07) is 15.6. The van der Waals surface area contributed by atoms with Crippen LogP contribution in [0.4, 0.5) is 0 Å². The topological polar surface area (TPSA) is 57.1 Å². The predicted molar refractivity (Wildman–Crippen MR) is 103 cm³/mol. The van der Waals surface area contributed by atoms with Gasteiger partial charge in [-0.1, -0.05) is 64.9 Å². The Balaban J connectivity index is 1.96. The van der Waals surface area contributed by atoms with E-state index in [9.17, 15) is 4.79 Å². The SMILES string of the molecule is CCSC1=NN2C(=c3ccccc3=NC2c2cccc(Br)c2)C(=O)N1. The summed E-state index contributed by atoms with van der Waals surface area (Å²) in [5.41, 5.74) is 1.51. The second-order valence-electron chi connectivity index (χ2n) is 5.56. The van der Waals surface area contributed by atoms with Crippen molar-refractivity contribution in [1.29, 1.82) is 0 Å². The minimum atomic E-state index is -0.374. The van der Waals surface area contributed by atoms with Gasteiger partial charge in [-0.05, 0) is 29.5 Å². The maximum atomic E-state index is 12.8. The zero-order valence-electron chi connectivity index (χ0n) is 13.4. The van der Waals surface area contributed by atoms with Gasteiger partial charge >= 0.3 is 0 Å². The molecule has 0 spiro atoms. The first-order chi connectivity index (χ1) is 12.2. The molecule has 2 aromatic carbocycles. The van der Waals surface area contributed by atoms with E-state index in [1.54, 1.807) is 5.01 Å². The van der Waals surface area contributed by atoms with Crippen LogP contribution in [0.1, 0.15) is 18.7 Å². The molecule has 0 aliphatic carbocycles. The molecule has 1 N–H and O–H groups in total. The van der Waals surface area contributed by atoms with Gasteiger partial charge < -0.3 is 0 Å². The van der Waals surface area contributed by atoms with Gasteiger partial charge in [0.15, 0.2) is 11.3 Å². The molecule has 2 heterocycles. The van der Waals surface area contributed by atoms with Crippen molar-refractivity contribution >= 4 is 44.5 Å². The van der Waals surface area contributed by atoms with Crippen molar-refractivity contribution in [2.24, 2.45) is 10.1 Å². The van der Waals surface area contributed by atoms with Crippen LogP contribution in [-0.2, 0) is 4.79 Å². The maximum absolute atomic E-state index is 12.8. The minimum absolute atomic E-state index is 0.145. The molecule has 1 atom stereocenters. The number of benzene rings is 2. The third kappa shape index (κ3) is 2.98. The molecule has 7 heteroatoms. The molecule has 0 fully saturated rings. The molecule has 0 saturated heterocycles. The van der Waals surface area contributed by atoms with Crippen molar-refractivity contribution in [3.63, 3.8) is 0 Å². The fraction of sp³-hybridized carbons (Fsp3) is 0.167. The molecule has 126 valence electrons. The first kappa shape index (κ1) is 16.4. The van der Waals surface area contributed by atoms with Crippen LogP contribution in [0.25, 0.3) is 5.70 Å². The molecular formula is C18H15BrN4OS. The van der Waals surface area contributed by atoms with E-state index in [-0.39, 0.29) is 12.1 Å². The Kier molecular flexibility index (Phi) is 4.35. The summed E-state index contributed by atoms with van der Waals surface area (Å²) in [4.78, 5) is 17.6. The average Bonchev–Trinajstić information content (AvgIpc) is 2.61. The van der Waals surface area contributed by atoms with Gasteiger partial charge in [0.1, 0.15) is 5.70 Å². The smallest absolute Gasteiger partial charge is 0.276 e. The van der Waals surface area contributed by atoms with Crippen LogP contribution >= 0.6 is 27.7 Å². The number of nitrogens with one attached hydrogen (secondary N) is 1. The van der Waals surface area contributed by atoms with Gasteiger partial charge in [0.2, 0.25) is 0 Å². The van der Waals surface area contributed by atoms with E-state index >= 15 is 0 Å². The van der Waals surface area contributed by atoms with E-state index in [2.05, 4.69) is 26.3 Å². The first-order valence-corrected chi connectivity index (χ1v) is 9.70. The number of halogens is 1. The quantitative estimate of drug-likeness (QED) is 0.820. The number of amides is 1. The van der Waals surface area contributed by atoms with Gasteiger partial charge in [0, 0.05) is 9.69 Å². The van der Waals surface area contributed by atoms with Crippen LogP contribution in [0.2, 0.25) is 0 Å². The molecule has 0 bridgehead atoms. The zero-order chi connectivity index (χ0) is 17.4. The number of hydrogen-bond donors (Lipinski definition) is 1. The van der Waals surface area contributed by atoms with Gasteiger partial charge in [-0.2, -0.15) is 0 Å². The number of hydrogen-bond acceptors (Lipinski definition) is 5. The minimum Gasteiger partial charge on any atom is -0.298 e. The lowest BCUT2D eigenvalue weighted by atomic mass is 10.1. The van der Waals surface area contributed by atoms with Crippen molar-refractivity contribution in [2.45, 2.75) is 13.1 Å². The molecule has 4 rings (SSSR count). The fourth-order valence-electron chi connectivity index (χ4n) is 2.91. The lowest BCUT2D eigenvalue weighted by Crippen LogP contribution is -2.50. The van der Waals surface area contributed by atoms with E-state index in [0.29, 0.717) is 10.9 Å². The number of rotatable bonds is 2. The van der Waals surface area contributed by atoms with Crippen LogP contribution < -0.4 is 15.9 Å². The Bertz CT molecular complexity index is 1000. The van der Waals surface area contributed by atoms with E-state index < -0.39 is 0 Å². The summed E-state index contributed by atoms with van der Waals surface area (Å²) in [7, 11) is 0. The lowest BCUT2D eigenvalue weighted by Gasteiger charge is -2.34. The lowest BCUT2D eigenvalue weighted by molar-refractivity contribution is -0.116. The Hall–Kier alpha value is -2.12. The van der Waals surface area contributed by atoms with Crippen molar-refractivity contribution in [3.8, 4) is 0 Å². The highest BCUT2D eigenvalue weighted by Gasteiger charge is 2.34. The number of fused-ring (bicyclic) bond motifs is 2. The number of carbonyl (C=O) groups is 1. The molecular weight excluding hydrogens is 400 g/mol. The Morgan fingerprint density at radius 3 is 2.88 bits per heavy atom. The van der Waals surface area contributed by atoms with Crippen molar-refractivity contribution in [3.05, 3.63) is 69.1 Å². The van der Waals surface area contributed by atoms with E-state index in [4.69, 9.17) is 4.99 Å². The van der Waals surface area contributed by atoms with Crippen LogP contribution in [0.3, 0.4) is 0 Å². The fourth-order valence-corrected chi connectivity index (χ4v) is 3.91. The number of nitrogens with zero attached hydrogens (tertiary/aromatic N) is 3. The van der Waals surface area contributed by atoms with Gasteiger partial charge in [-0.15, -0.1) is 5.10 Å². The summed E-state index contributed by atoms with van der Waals surface area (Å²) in [5, 5.41) is 11.5. The molecule has 5 nitrogen and oxygen atoms in total. The maximum Gasteiger partial charge on any atom is 0.276 e. The largest absolute Gasteiger partial charge is 0.298 e. The van der Waals surface area contributed by atoms with Gasteiger partial charge in [-0.3, -0.25) is 15.1 Å². The Morgan fingerprint density at radius 1 is 1.24 bits per heavy atom. The number of hydrazone groups is 1. The van der Waals surface area contributed by atoms with E-state index in [1.807, 2.05) is 55.5 Å². The average molecular weight is 415 g/mol. The second kappa shape index (κ2) is 6.65. The number of para-hydroxylation sites is 1. The highest BCUT2D eigenvalue weighted by Crippen LogP contribution is 2.31. The molecule has 25 heavy (non-hydrogen) atoms. The molecule has 2 aliphatic heterocycles. The third-order valence-electron chi connectivity index (χ3n) is 3.94. The van der Waals surface area contributed by atoms with Crippen LogP contribution in [0.5, 0.6) is 0 Å². The summed E-state index contributed by atoms with van der Waals surface area (Å²) in [5.74, 6) is 0.686. The van der Waals surface area contributed by atoms with E-state index in [0.717, 1.165) is 26.4 Å². The van der Waals surface area contributed by atoms with Crippen LogP contribution in [-0.4, -0.2) is 21.8 Å². The standard InChI is InChI=1S/C18H15BrN4OS/c1-2-25-18-21-17(24)15-13-8-3-4-9-14(13)20-16(23(15)22-18)11-6-5-7-12(19)10-11/h3-10,16H,2H2,1H3,(H,21,22,24). The first-order valence-electron chi connectivity index (χ1n) is 7.92. The highest BCUT2D eigenvalue weighted by molar-refractivity contribution is 9.10. The van der Waals surface area contributed by atoms with Gasteiger partial charge in [-0.25, -0.2) is 5.01 Å². The number of amidine groups is 1.